The summed E-state index contributed by atoms with van der Waals surface area (Å²) in [6.07, 6.45) is 0. The van der Waals surface area contributed by atoms with Crippen molar-refractivity contribution in [3.05, 3.63) is 82.4 Å². The molecule has 0 aliphatic heterocycles. The molecule has 0 aromatic heterocycles. The summed E-state index contributed by atoms with van der Waals surface area (Å²) in [4.78, 5) is 23.9. The summed E-state index contributed by atoms with van der Waals surface area (Å²) >= 11 is 5.97. The molecule has 168 valence electrons. The van der Waals surface area contributed by atoms with Gasteiger partial charge in [0.1, 0.15) is 0 Å². The van der Waals surface area contributed by atoms with Crippen molar-refractivity contribution in [3.63, 3.8) is 0 Å². The van der Waals surface area contributed by atoms with E-state index in [1.807, 2.05) is 0 Å². The summed E-state index contributed by atoms with van der Waals surface area (Å²) in [5, 5.41) is 5.39. The van der Waals surface area contributed by atoms with E-state index in [-0.39, 0.29) is 33.3 Å². The van der Waals surface area contributed by atoms with E-state index >= 15 is 0 Å². The number of primary sulfonamides is 1. The van der Waals surface area contributed by atoms with Crippen LogP contribution in [0.2, 0.25) is 5.02 Å². The highest BCUT2D eigenvalue weighted by atomic mass is 35.5. The normalized spacial score (nSPS) is 10.7. The number of primary amides is 1. The Labute approximate surface area is 195 Å². The number of halogens is 1. The van der Waals surface area contributed by atoms with Gasteiger partial charge in [0.15, 0.2) is 6.61 Å². The van der Waals surface area contributed by atoms with Crippen molar-refractivity contribution in [2.75, 3.05) is 12.3 Å². The number of hydrogen-bond donors (Lipinski definition) is 3. The topological polar surface area (TPSA) is 156 Å². The van der Waals surface area contributed by atoms with Crippen molar-refractivity contribution in [1.82, 2.24) is 0 Å². The maximum atomic E-state index is 12.1. The highest BCUT2D eigenvalue weighted by molar-refractivity contribution is 7.89. The molecule has 0 unspecified atom stereocenters. The highest BCUT2D eigenvalue weighted by Crippen LogP contribution is 2.31. The summed E-state index contributed by atoms with van der Waals surface area (Å²) in [5.74, 6) is 4.10. The minimum Gasteiger partial charge on any atom is -0.449 e. The number of esters is 1. The fraction of sp³-hybridized carbons (Fsp3) is 0.0435. The molecule has 0 saturated heterocycles. The van der Waals surface area contributed by atoms with Gasteiger partial charge >= 0.3 is 5.97 Å². The fourth-order valence-corrected chi connectivity index (χ4v) is 3.66. The average molecular weight is 484 g/mol. The third-order valence-corrected chi connectivity index (χ3v) is 5.80. The molecule has 0 radical (unpaired) electrons. The summed E-state index contributed by atoms with van der Waals surface area (Å²) < 4.78 is 28.1. The standard InChI is InChI=1S/C23H18ClN3O5S/c24-20-6-2-1-5-17(20)23(29)32-11-3-4-14-12-18(21(25)19(13-14)22(26)28)15-7-9-16(10-8-15)33(27,30)31/h1-2,5-10,12-13H,11,25H2,(H2,26,28)(H2,27,30,31). The minimum absolute atomic E-state index is 0.0420. The largest absolute Gasteiger partial charge is 0.449 e. The van der Waals surface area contributed by atoms with Crippen LogP contribution in [-0.2, 0) is 14.8 Å². The number of benzene rings is 3. The Morgan fingerprint density at radius 1 is 1.00 bits per heavy atom. The number of hydrogen-bond acceptors (Lipinski definition) is 6. The highest BCUT2D eigenvalue weighted by Gasteiger charge is 2.15. The first-order valence-corrected chi connectivity index (χ1v) is 11.3. The summed E-state index contributed by atoms with van der Waals surface area (Å²) in [6, 6.07) is 15.1. The van der Waals surface area contributed by atoms with E-state index in [1.54, 1.807) is 24.3 Å². The second kappa shape index (κ2) is 9.75. The zero-order valence-corrected chi connectivity index (χ0v) is 18.6. The molecular weight excluding hydrogens is 466 g/mol. The zero-order valence-electron chi connectivity index (χ0n) is 17.0. The molecular formula is C23H18ClN3O5S. The number of nitrogen functional groups attached to an aromatic ring is 1. The van der Waals surface area contributed by atoms with E-state index in [0.717, 1.165) is 0 Å². The van der Waals surface area contributed by atoms with Crippen molar-refractivity contribution >= 4 is 39.2 Å². The molecule has 0 saturated carbocycles. The van der Waals surface area contributed by atoms with Gasteiger partial charge in [-0.2, -0.15) is 0 Å². The molecule has 3 rings (SSSR count). The molecule has 33 heavy (non-hydrogen) atoms. The number of anilines is 1. The monoisotopic (exact) mass is 483 g/mol. The van der Waals surface area contributed by atoms with Gasteiger partial charge in [-0.05, 0) is 42.0 Å². The Kier molecular flexibility index (Phi) is 7.04. The lowest BCUT2D eigenvalue weighted by Crippen LogP contribution is -2.14. The van der Waals surface area contributed by atoms with Crippen LogP contribution in [0.5, 0.6) is 0 Å². The number of nitrogens with two attached hydrogens (primary N) is 3. The number of carbonyl (C=O) groups is 2. The van der Waals surface area contributed by atoms with Gasteiger partial charge in [0.25, 0.3) is 5.91 Å². The number of sulfonamides is 1. The van der Waals surface area contributed by atoms with Gasteiger partial charge in [-0.25, -0.2) is 18.4 Å². The maximum Gasteiger partial charge on any atom is 0.340 e. The Morgan fingerprint density at radius 3 is 2.27 bits per heavy atom. The maximum absolute atomic E-state index is 12.1. The van der Waals surface area contributed by atoms with E-state index in [2.05, 4.69) is 11.8 Å². The summed E-state index contributed by atoms with van der Waals surface area (Å²) in [5.41, 5.74) is 13.3. The molecule has 0 spiro atoms. The third-order valence-electron chi connectivity index (χ3n) is 4.54. The first-order valence-electron chi connectivity index (χ1n) is 9.35. The predicted molar refractivity (Wildman–Crippen MR) is 125 cm³/mol. The summed E-state index contributed by atoms with van der Waals surface area (Å²) in [6.45, 7) is -0.223. The van der Waals surface area contributed by atoms with Crippen LogP contribution < -0.4 is 16.6 Å². The van der Waals surface area contributed by atoms with Gasteiger partial charge in [0.2, 0.25) is 10.0 Å². The van der Waals surface area contributed by atoms with Gasteiger partial charge in [0, 0.05) is 11.1 Å². The second-order valence-corrected chi connectivity index (χ2v) is 8.75. The van der Waals surface area contributed by atoms with Crippen molar-refractivity contribution in [2.45, 2.75) is 4.90 Å². The SMILES string of the molecule is NC(=O)c1cc(C#CCOC(=O)c2ccccc2Cl)cc(-c2ccc(S(N)(=O)=O)cc2)c1N. The third kappa shape index (κ3) is 5.70. The lowest BCUT2D eigenvalue weighted by molar-refractivity contribution is 0.0556. The Morgan fingerprint density at radius 2 is 1.67 bits per heavy atom. The van der Waals surface area contributed by atoms with E-state index < -0.39 is 21.9 Å². The molecule has 0 atom stereocenters. The molecule has 0 bridgehead atoms. The number of carbonyl (C=O) groups excluding carboxylic acids is 2. The van der Waals surface area contributed by atoms with Crippen LogP contribution >= 0.6 is 11.6 Å². The smallest absolute Gasteiger partial charge is 0.340 e. The van der Waals surface area contributed by atoms with Gasteiger partial charge in [-0.1, -0.05) is 47.7 Å². The van der Waals surface area contributed by atoms with Gasteiger partial charge in [-0.15, -0.1) is 0 Å². The lowest BCUT2D eigenvalue weighted by Gasteiger charge is -2.11. The van der Waals surface area contributed by atoms with Crippen molar-refractivity contribution < 1.29 is 22.7 Å². The molecule has 0 fully saturated rings. The van der Waals surface area contributed by atoms with E-state index in [4.69, 9.17) is 32.9 Å². The molecule has 8 nitrogen and oxygen atoms in total. The quantitative estimate of drug-likeness (QED) is 0.287. The van der Waals surface area contributed by atoms with Crippen LogP contribution in [0.15, 0.2) is 65.6 Å². The molecule has 6 N–H and O–H groups in total. The van der Waals surface area contributed by atoms with Crippen LogP contribution in [0.1, 0.15) is 26.3 Å². The molecule has 1 amide bonds. The Bertz CT molecular complexity index is 1410. The first kappa shape index (κ1) is 23.8. The molecule has 10 heteroatoms. The first-order chi connectivity index (χ1) is 15.6. The molecule has 3 aromatic rings. The fourth-order valence-electron chi connectivity index (χ4n) is 2.94. The number of rotatable bonds is 5. The molecule has 0 aliphatic rings. The van der Waals surface area contributed by atoms with Crippen molar-refractivity contribution in [2.24, 2.45) is 10.9 Å². The van der Waals surface area contributed by atoms with Gasteiger partial charge < -0.3 is 16.2 Å². The number of ether oxygens (including phenoxy) is 1. The van der Waals surface area contributed by atoms with Crippen LogP contribution in [0.4, 0.5) is 5.69 Å². The lowest BCUT2D eigenvalue weighted by atomic mass is 9.97. The number of amides is 1. The van der Waals surface area contributed by atoms with Crippen LogP contribution in [0.3, 0.4) is 0 Å². The van der Waals surface area contributed by atoms with E-state index in [0.29, 0.717) is 16.7 Å². The van der Waals surface area contributed by atoms with Crippen LogP contribution in [0.25, 0.3) is 11.1 Å². The van der Waals surface area contributed by atoms with Crippen LogP contribution in [-0.4, -0.2) is 26.9 Å². The van der Waals surface area contributed by atoms with Crippen molar-refractivity contribution in [3.8, 4) is 23.0 Å². The second-order valence-electron chi connectivity index (χ2n) is 6.78. The van der Waals surface area contributed by atoms with Crippen molar-refractivity contribution in [1.29, 1.82) is 0 Å². The van der Waals surface area contributed by atoms with E-state index in [1.165, 1.54) is 36.4 Å². The Balaban J connectivity index is 1.88. The Hall–Kier alpha value is -3.84. The molecule has 3 aromatic carbocycles. The van der Waals surface area contributed by atoms with Gasteiger partial charge in [0.05, 0.1) is 26.7 Å². The minimum atomic E-state index is -3.86. The molecule has 0 aliphatic carbocycles. The summed E-state index contributed by atoms with van der Waals surface area (Å²) in [7, 11) is -3.86. The molecule has 0 heterocycles. The van der Waals surface area contributed by atoms with Gasteiger partial charge in [-0.3, -0.25) is 4.79 Å². The average Bonchev–Trinajstić information content (AvgIpc) is 2.77. The predicted octanol–water partition coefficient (Wildman–Crippen LogP) is 2.54. The zero-order chi connectivity index (χ0) is 24.2. The van der Waals surface area contributed by atoms with E-state index in [9.17, 15) is 18.0 Å². The van der Waals surface area contributed by atoms with Crippen LogP contribution in [0, 0.1) is 11.8 Å².